The third kappa shape index (κ3) is 5.89. The smallest absolute Gasteiger partial charge is 0.307 e. The van der Waals surface area contributed by atoms with Crippen LogP contribution in [-0.2, 0) is 6.61 Å². The zero-order valence-corrected chi connectivity index (χ0v) is 25.5. The van der Waals surface area contributed by atoms with Crippen LogP contribution in [-0.4, -0.2) is 18.7 Å². The molecular formula is C29H21Br2IN2O4. The molecule has 1 N–H and O–H groups in total. The van der Waals surface area contributed by atoms with Crippen molar-refractivity contribution >= 4 is 88.3 Å². The van der Waals surface area contributed by atoms with Crippen LogP contribution in [0.25, 0.3) is 21.7 Å². The SMILES string of the molecule is CCOc1cc(/C=N\NC(=O)c2cc3cc(Br)cc(Br)c3o2)cc(I)c1OCc1cccc2ccccc12. The van der Waals surface area contributed by atoms with Gasteiger partial charge in [0.2, 0.25) is 0 Å². The number of benzene rings is 4. The van der Waals surface area contributed by atoms with Gasteiger partial charge in [0.05, 0.1) is 20.9 Å². The number of hydrogen-bond acceptors (Lipinski definition) is 5. The number of rotatable bonds is 8. The Morgan fingerprint density at radius 3 is 2.68 bits per heavy atom. The van der Waals surface area contributed by atoms with Crippen molar-refractivity contribution in [2.24, 2.45) is 5.10 Å². The van der Waals surface area contributed by atoms with Gasteiger partial charge in [-0.05, 0) is 97.7 Å². The molecule has 1 amide bonds. The molecule has 0 aliphatic rings. The lowest BCUT2D eigenvalue weighted by atomic mass is 10.1. The average Bonchev–Trinajstić information content (AvgIpc) is 3.33. The number of fused-ring (bicyclic) bond motifs is 2. The first-order chi connectivity index (χ1) is 18.4. The third-order valence-electron chi connectivity index (χ3n) is 5.72. The molecule has 0 fully saturated rings. The molecule has 0 atom stereocenters. The summed E-state index contributed by atoms with van der Waals surface area (Å²) in [6.07, 6.45) is 1.56. The summed E-state index contributed by atoms with van der Waals surface area (Å²) in [4.78, 5) is 12.6. The van der Waals surface area contributed by atoms with Crippen molar-refractivity contribution in [3.05, 3.63) is 102 Å². The van der Waals surface area contributed by atoms with Crippen LogP contribution in [0.4, 0.5) is 0 Å². The number of hydrazone groups is 1. The zero-order chi connectivity index (χ0) is 26.6. The molecule has 38 heavy (non-hydrogen) atoms. The third-order valence-corrected chi connectivity index (χ3v) is 7.57. The lowest BCUT2D eigenvalue weighted by Gasteiger charge is -2.15. The molecule has 0 bridgehead atoms. The van der Waals surface area contributed by atoms with E-state index in [0.29, 0.717) is 30.3 Å². The fourth-order valence-corrected chi connectivity index (χ4v) is 6.16. The quantitative estimate of drug-likeness (QED) is 0.0983. The van der Waals surface area contributed by atoms with E-state index in [-0.39, 0.29) is 5.76 Å². The van der Waals surface area contributed by atoms with Crippen LogP contribution >= 0.6 is 54.5 Å². The second-order valence-corrected chi connectivity index (χ2v) is 11.2. The Morgan fingerprint density at radius 1 is 1.03 bits per heavy atom. The summed E-state index contributed by atoms with van der Waals surface area (Å²) in [6.45, 7) is 2.81. The van der Waals surface area contributed by atoms with Gasteiger partial charge in [0.25, 0.3) is 0 Å². The lowest BCUT2D eigenvalue weighted by molar-refractivity contribution is 0.0929. The molecule has 5 aromatic rings. The van der Waals surface area contributed by atoms with Crippen molar-refractivity contribution in [3.8, 4) is 11.5 Å². The molecule has 1 heterocycles. The highest BCUT2D eigenvalue weighted by atomic mass is 127. The number of amides is 1. The normalized spacial score (nSPS) is 11.4. The van der Waals surface area contributed by atoms with E-state index < -0.39 is 5.91 Å². The zero-order valence-electron chi connectivity index (χ0n) is 20.1. The van der Waals surface area contributed by atoms with Crippen molar-refractivity contribution in [2.45, 2.75) is 13.5 Å². The Bertz CT molecular complexity index is 1680. The lowest BCUT2D eigenvalue weighted by Crippen LogP contribution is -2.16. The molecule has 4 aromatic carbocycles. The Hall–Kier alpha value is -2.89. The maximum atomic E-state index is 12.6. The van der Waals surface area contributed by atoms with E-state index in [0.717, 1.165) is 34.4 Å². The van der Waals surface area contributed by atoms with Gasteiger partial charge in [-0.1, -0.05) is 58.4 Å². The monoisotopic (exact) mass is 746 g/mol. The highest BCUT2D eigenvalue weighted by Crippen LogP contribution is 2.35. The van der Waals surface area contributed by atoms with Crippen LogP contribution in [0.1, 0.15) is 28.6 Å². The number of furan rings is 1. The second-order valence-electron chi connectivity index (χ2n) is 8.31. The molecule has 5 rings (SSSR count). The number of carbonyl (C=O) groups excluding carboxylic acids is 1. The first-order valence-electron chi connectivity index (χ1n) is 11.7. The summed E-state index contributed by atoms with van der Waals surface area (Å²) in [7, 11) is 0. The fraction of sp³-hybridized carbons (Fsp3) is 0.103. The fourth-order valence-electron chi connectivity index (χ4n) is 4.04. The van der Waals surface area contributed by atoms with Crippen LogP contribution in [0.3, 0.4) is 0 Å². The largest absolute Gasteiger partial charge is 0.490 e. The topological polar surface area (TPSA) is 73.1 Å². The van der Waals surface area contributed by atoms with Gasteiger partial charge in [0, 0.05) is 9.86 Å². The van der Waals surface area contributed by atoms with E-state index in [4.69, 9.17) is 13.9 Å². The minimum Gasteiger partial charge on any atom is -0.490 e. The van der Waals surface area contributed by atoms with E-state index in [1.54, 1.807) is 12.3 Å². The molecular weight excluding hydrogens is 727 g/mol. The van der Waals surface area contributed by atoms with Gasteiger partial charge in [0.1, 0.15) is 12.2 Å². The number of nitrogens with zero attached hydrogens (tertiary/aromatic N) is 1. The van der Waals surface area contributed by atoms with Gasteiger partial charge in [-0.2, -0.15) is 5.10 Å². The Morgan fingerprint density at radius 2 is 1.84 bits per heavy atom. The van der Waals surface area contributed by atoms with Crippen molar-refractivity contribution in [1.29, 1.82) is 0 Å². The predicted octanol–water partition coefficient (Wildman–Crippen LogP) is 8.46. The summed E-state index contributed by atoms with van der Waals surface area (Å²) in [5, 5.41) is 7.25. The van der Waals surface area contributed by atoms with Gasteiger partial charge in [0.15, 0.2) is 17.3 Å². The predicted molar refractivity (Wildman–Crippen MR) is 165 cm³/mol. The van der Waals surface area contributed by atoms with E-state index in [9.17, 15) is 4.79 Å². The van der Waals surface area contributed by atoms with Gasteiger partial charge in [-0.25, -0.2) is 5.43 Å². The number of nitrogens with one attached hydrogen (secondary N) is 1. The van der Waals surface area contributed by atoms with Crippen LogP contribution in [0.15, 0.2) is 91.3 Å². The average molecular weight is 748 g/mol. The van der Waals surface area contributed by atoms with Crippen molar-refractivity contribution < 1.29 is 18.7 Å². The van der Waals surface area contributed by atoms with Gasteiger partial charge in [-0.15, -0.1) is 0 Å². The molecule has 0 unspecified atom stereocenters. The molecule has 0 aliphatic carbocycles. The van der Waals surface area contributed by atoms with Crippen molar-refractivity contribution in [2.75, 3.05) is 6.61 Å². The van der Waals surface area contributed by atoms with Crippen LogP contribution in [0.2, 0.25) is 0 Å². The summed E-state index contributed by atoms with van der Waals surface area (Å²) >= 11 is 9.12. The Kier molecular flexibility index (Phi) is 8.35. The second kappa shape index (κ2) is 11.9. The van der Waals surface area contributed by atoms with Crippen molar-refractivity contribution in [3.63, 3.8) is 0 Å². The van der Waals surface area contributed by atoms with Gasteiger partial charge in [-0.3, -0.25) is 4.79 Å². The molecule has 0 saturated carbocycles. The van der Waals surface area contributed by atoms with E-state index in [1.807, 2.05) is 49.4 Å². The van der Waals surface area contributed by atoms with E-state index in [1.165, 1.54) is 5.39 Å². The van der Waals surface area contributed by atoms with Crippen LogP contribution < -0.4 is 14.9 Å². The first kappa shape index (κ1) is 26.7. The van der Waals surface area contributed by atoms with Crippen molar-refractivity contribution in [1.82, 2.24) is 5.43 Å². The maximum absolute atomic E-state index is 12.6. The summed E-state index contributed by atoms with van der Waals surface area (Å²) < 4.78 is 20.3. The molecule has 0 spiro atoms. The summed E-state index contributed by atoms with van der Waals surface area (Å²) in [6, 6.07) is 23.6. The minimum absolute atomic E-state index is 0.165. The Labute approximate surface area is 249 Å². The summed E-state index contributed by atoms with van der Waals surface area (Å²) in [5.41, 5.74) is 4.97. The molecule has 6 nitrogen and oxygen atoms in total. The number of halogens is 3. The highest BCUT2D eigenvalue weighted by molar-refractivity contribution is 14.1. The minimum atomic E-state index is -0.449. The molecule has 0 radical (unpaired) electrons. The first-order valence-corrected chi connectivity index (χ1v) is 14.4. The number of hydrogen-bond donors (Lipinski definition) is 1. The van der Waals surface area contributed by atoms with Crippen LogP contribution in [0.5, 0.6) is 11.5 Å². The molecule has 0 saturated heterocycles. The standard InChI is InChI=1S/C29H21Br2IN2O4/c1-2-36-25-11-17(15-33-34-29(35)26-13-20-12-21(30)14-23(31)27(20)38-26)10-24(32)28(25)37-16-19-8-5-7-18-6-3-4-9-22(18)19/h3-15H,2,16H2,1H3,(H,34,35)/b33-15-. The maximum Gasteiger partial charge on any atom is 0.307 e. The summed E-state index contributed by atoms with van der Waals surface area (Å²) in [5.74, 6) is 0.994. The number of carbonyl (C=O) groups is 1. The van der Waals surface area contributed by atoms with Crippen LogP contribution in [0, 0.1) is 3.57 Å². The number of ether oxygens (including phenoxy) is 2. The molecule has 0 aliphatic heterocycles. The Balaban J connectivity index is 1.32. The van der Waals surface area contributed by atoms with E-state index in [2.05, 4.69) is 89.2 Å². The highest BCUT2D eigenvalue weighted by Gasteiger charge is 2.15. The van der Waals surface area contributed by atoms with Gasteiger partial charge >= 0.3 is 5.91 Å². The molecule has 1 aromatic heterocycles. The van der Waals surface area contributed by atoms with Gasteiger partial charge < -0.3 is 13.9 Å². The van der Waals surface area contributed by atoms with E-state index >= 15 is 0 Å². The molecule has 192 valence electrons. The molecule has 9 heteroatoms.